The third-order valence-electron chi connectivity index (χ3n) is 6.52. The van der Waals surface area contributed by atoms with Crippen molar-refractivity contribution >= 4 is 22.6 Å². The molecular formula is C25H25N3O6. The van der Waals surface area contributed by atoms with Crippen molar-refractivity contribution in [2.24, 2.45) is 5.92 Å². The maximum Gasteiger partial charge on any atom is 0.328 e. The van der Waals surface area contributed by atoms with Gasteiger partial charge in [-0.05, 0) is 56.2 Å². The van der Waals surface area contributed by atoms with Gasteiger partial charge in [0.1, 0.15) is 13.2 Å². The Hall–Kier alpha value is -3.88. The van der Waals surface area contributed by atoms with E-state index in [-0.39, 0.29) is 29.7 Å². The predicted molar refractivity (Wildman–Crippen MR) is 125 cm³/mol. The molecule has 9 heteroatoms. The van der Waals surface area contributed by atoms with E-state index in [1.54, 1.807) is 48.2 Å². The van der Waals surface area contributed by atoms with E-state index in [2.05, 4.69) is 4.98 Å². The molecule has 0 unspecified atom stereocenters. The summed E-state index contributed by atoms with van der Waals surface area (Å²) in [6.45, 7) is 3.85. The van der Waals surface area contributed by atoms with E-state index in [0.29, 0.717) is 72.7 Å². The second-order valence-electron chi connectivity index (χ2n) is 8.53. The van der Waals surface area contributed by atoms with Crippen molar-refractivity contribution < 1.29 is 19.1 Å². The Kier molecular flexibility index (Phi) is 5.69. The molecule has 2 aliphatic rings. The Balaban J connectivity index is 1.28. The first-order valence-corrected chi connectivity index (χ1v) is 11.5. The molecule has 1 saturated heterocycles. The van der Waals surface area contributed by atoms with Gasteiger partial charge in [-0.1, -0.05) is 0 Å². The van der Waals surface area contributed by atoms with E-state index < -0.39 is 5.69 Å². The van der Waals surface area contributed by atoms with Crippen LogP contribution in [0.2, 0.25) is 0 Å². The first-order valence-electron chi connectivity index (χ1n) is 11.5. The number of nitrogens with zero attached hydrogens (tertiary/aromatic N) is 2. The summed E-state index contributed by atoms with van der Waals surface area (Å²) < 4.78 is 12.2. The molecule has 0 bridgehead atoms. The largest absolute Gasteiger partial charge is 0.486 e. The van der Waals surface area contributed by atoms with E-state index in [1.165, 1.54) is 0 Å². The highest BCUT2D eigenvalue weighted by atomic mass is 16.6. The third kappa shape index (κ3) is 3.87. The zero-order valence-corrected chi connectivity index (χ0v) is 18.8. The van der Waals surface area contributed by atoms with Crippen molar-refractivity contribution in [3.63, 3.8) is 0 Å². The number of ether oxygens (including phenoxy) is 2. The van der Waals surface area contributed by atoms with E-state index in [9.17, 15) is 19.2 Å². The number of piperidine rings is 1. The fraction of sp³-hybridized carbons (Fsp3) is 0.360. The summed E-state index contributed by atoms with van der Waals surface area (Å²) in [6.07, 6.45) is 1.12. The van der Waals surface area contributed by atoms with Crippen molar-refractivity contribution in [3.8, 4) is 11.5 Å². The van der Waals surface area contributed by atoms with Crippen LogP contribution in [0.3, 0.4) is 0 Å². The molecule has 1 fully saturated rings. The van der Waals surface area contributed by atoms with Crippen LogP contribution in [0.15, 0.2) is 46.0 Å². The summed E-state index contributed by atoms with van der Waals surface area (Å²) in [5, 5.41) is 0.363. The maximum absolute atomic E-state index is 13.1. The quantitative estimate of drug-likeness (QED) is 0.594. The van der Waals surface area contributed by atoms with Gasteiger partial charge >= 0.3 is 5.69 Å². The van der Waals surface area contributed by atoms with Crippen LogP contribution in [0.1, 0.15) is 40.5 Å². The lowest BCUT2D eigenvalue weighted by Crippen LogP contribution is -2.40. The number of carbonyl (C=O) groups excluding carboxylic acids is 2. The number of amides is 1. The maximum atomic E-state index is 13.1. The highest BCUT2D eigenvalue weighted by molar-refractivity contribution is 6.00. The number of H-pyrrole nitrogens is 1. The van der Waals surface area contributed by atoms with Crippen LogP contribution in [0.4, 0.5) is 0 Å². The van der Waals surface area contributed by atoms with Gasteiger partial charge in [-0.25, -0.2) is 4.79 Å². The van der Waals surface area contributed by atoms with E-state index in [1.807, 2.05) is 0 Å². The lowest BCUT2D eigenvalue weighted by molar-refractivity contribution is 0.0650. The van der Waals surface area contributed by atoms with Crippen LogP contribution >= 0.6 is 0 Å². The number of rotatable bonds is 4. The van der Waals surface area contributed by atoms with E-state index in [0.717, 1.165) is 4.57 Å². The van der Waals surface area contributed by atoms with Gasteiger partial charge in [0.2, 0.25) is 0 Å². The number of aromatic amines is 1. The molecule has 1 N–H and O–H groups in total. The zero-order valence-electron chi connectivity index (χ0n) is 18.8. The Morgan fingerprint density at radius 1 is 0.971 bits per heavy atom. The molecule has 3 aromatic rings. The molecule has 0 radical (unpaired) electrons. The minimum atomic E-state index is -0.497. The normalized spacial score (nSPS) is 16.0. The number of nitrogens with one attached hydrogen (secondary N) is 1. The minimum absolute atomic E-state index is 0.0413. The topological polar surface area (TPSA) is 111 Å². The molecule has 0 saturated carbocycles. The average Bonchev–Trinajstić information content (AvgIpc) is 2.87. The van der Waals surface area contributed by atoms with E-state index >= 15 is 0 Å². The molecular weight excluding hydrogens is 438 g/mol. The van der Waals surface area contributed by atoms with Crippen LogP contribution in [0.25, 0.3) is 10.9 Å². The molecule has 0 aliphatic carbocycles. The summed E-state index contributed by atoms with van der Waals surface area (Å²) in [5.41, 5.74) is 0.453. The van der Waals surface area contributed by atoms with Gasteiger partial charge in [-0.3, -0.25) is 19.0 Å². The highest BCUT2D eigenvalue weighted by Gasteiger charge is 2.29. The van der Waals surface area contributed by atoms with Crippen molar-refractivity contribution in [2.75, 3.05) is 26.3 Å². The monoisotopic (exact) mass is 463 g/mol. The standard InChI is InChI=1S/C25H25N3O6/c1-2-28-24(31)18-5-3-17(13-19(18)26-25(28)32)23(30)27-9-7-15(8-10-27)22(29)16-4-6-20-21(14-16)34-12-11-33-20/h3-6,13-15H,2,7-12H2,1H3,(H,26,32). The molecule has 5 rings (SSSR count). The van der Waals surface area contributed by atoms with Gasteiger partial charge in [-0.15, -0.1) is 0 Å². The van der Waals surface area contributed by atoms with Gasteiger partial charge in [0.25, 0.3) is 11.5 Å². The Labute approximate surface area is 194 Å². The average molecular weight is 463 g/mol. The molecule has 9 nitrogen and oxygen atoms in total. The second-order valence-corrected chi connectivity index (χ2v) is 8.53. The van der Waals surface area contributed by atoms with Crippen LogP contribution in [-0.2, 0) is 6.54 Å². The molecule has 2 aliphatic heterocycles. The Bertz CT molecular complexity index is 1400. The molecule has 0 atom stereocenters. The van der Waals surface area contributed by atoms with Crippen LogP contribution in [-0.4, -0.2) is 52.4 Å². The zero-order chi connectivity index (χ0) is 23.8. The van der Waals surface area contributed by atoms with Crippen molar-refractivity contribution in [3.05, 3.63) is 68.4 Å². The van der Waals surface area contributed by atoms with Crippen LogP contribution in [0.5, 0.6) is 11.5 Å². The molecule has 2 aromatic carbocycles. The van der Waals surface area contributed by atoms with Crippen molar-refractivity contribution in [2.45, 2.75) is 26.3 Å². The fourth-order valence-electron chi connectivity index (χ4n) is 4.63. The van der Waals surface area contributed by atoms with Crippen LogP contribution in [0, 0.1) is 5.92 Å². The third-order valence-corrected chi connectivity index (χ3v) is 6.52. The van der Waals surface area contributed by atoms with E-state index in [4.69, 9.17) is 9.47 Å². The second kappa shape index (κ2) is 8.81. The minimum Gasteiger partial charge on any atom is -0.486 e. The summed E-state index contributed by atoms with van der Waals surface area (Å²) in [6, 6.07) is 9.99. The molecule has 1 amide bonds. The van der Waals surface area contributed by atoms with Crippen molar-refractivity contribution in [1.82, 2.24) is 14.5 Å². The Morgan fingerprint density at radius 3 is 2.41 bits per heavy atom. The van der Waals surface area contributed by atoms with Gasteiger partial charge in [0.15, 0.2) is 17.3 Å². The number of likely N-dealkylation sites (tertiary alicyclic amines) is 1. The number of Topliss-reactive ketones (excluding diaryl/α,β-unsaturated/α-hetero) is 1. The number of hydrogen-bond acceptors (Lipinski definition) is 6. The lowest BCUT2D eigenvalue weighted by atomic mass is 9.88. The van der Waals surface area contributed by atoms with Gasteiger partial charge in [-0.2, -0.15) is 0 Å². The summed E-state index contributed by atoms with van der Waals surface area (Å²) in [5.74, 6) is 0.914. The molecule has 34 heavy (non-hydrogen) atoms. The first kappa shape index (κ1) is 21.9. The van der Waals surface area contributed by atoms with Crippen molar-refractivity contribution in [1.29, 1.82) is 0 Å². The number of hydrogen-bond donors (Lipinski definition) is 1. The van der Waals surface area contributed by atoms with Gasteiger partial charge < -0.3 is 19.4 Å². The predicted octanol–water partition coefficient (Wildman–Crippen LogP) is 2.22. The number of carbonyl (C=O) groups is 2. The smallest absolute Gasteiger partial charge is 0.328 e. The molecule has 176 valence electrons. The number of benzene rings is 2. The summed E-state index contributed by atoms with van der Waals surface area (Å²) >= 11 is 0. The van der Waals surface area contributed by atoms with Gasteiger partial charge in [0.05, 0.1) is 10.9 Å². The molecule has 1 aromatic heterocycles. The molecule has 3 heterocycles. The summed E-state index contributed by atoms with van der Waals surface area (Å²) in [4.78, 5) is 55.1. The molecule has 0 spiro atoms. The van der Waals surface area contributed by atoms with Crippen LogP contribution < -0.4 is 20.7 Å². The van der Waals surface area contributed by atoms with Gasteiger partial charge in [0, 0.05) is 36.7 Å². The first-order chi connectivity index (χ1) is 16.5. The number of ketones is 1. The number of aromatic nitrogens is 2. The number of fused-ring (bicyclic) bond motifs is 2. The Morgan fingerprint density at radius 2 is 1.68 bits per heavy atom. The highest BCUT2D eigenvalue weighted by Crippen LogP contribution is 2.32. The summed E-state index contributed by atoms with van der Waals surface area (Å²) in [7, 11) is 0. The SMILES string of the molecule is CCn1c(=O)[nH]c2cc(C(=O)N3CCC(C(=O)c4ccc5c(c4)OCCO5)CC3)ccc2c1=O. The fourth-order valence-corrected chi connectivity index (χ4v) is 4.63. The lowest BCUT2D eigenvalue weighted by Gasteiger charge is -2.31.